The second-order valence-corrected chi connectivity index (χ2v) is 4.72. The van der Waals surface area contributed by atoms with Crippen LogP contribution in [0.1, 0.15) is 44.8 Å². The number of para-hydroxylation sites is 1. The highest BCUT2D eigenvalue weighted by Crippen LogP contribution is 2.28. The highest BCUT2D eigenvalue weighted by atomic mass is 16.3. The Kier molecular flexibility index (Phi) is 6.36. The number of hydrogen-bond acceptors (Lipinski definition) is 3. The average molecular weight is 264 g/mol. The van der Waals surface area contributed by atoms with E-state index >= 15 is 0 Å². The van der Waals surface area contributed by atoms with Crippen LogP contribution < -0.4 is 10.6 Å². The third kappa shape index (κ3) is 4.56. The maximum absolute atomic E-state index is 11.2. The number of benzene rings is 1. The lowest BCUT2D eigenvalue weighted by molar-refractivity contribution is -0.116. The third-order valence-electron chi connectivity index (χ3n) is 3.15. The van der Waals surface area contributed by atoms with Gasteiger partial charge in [-0.1, -0.05) is 38.5 Å². The van der Waals surface area contributed by atoms with Gasteiger partial charge < -0.3 is 15.7 Å². The minimum Gasteiger partial charge on any atom is -0.388 e. The summed E-state index contributed by atoms with van der Waals surface area (Å²) in [6.45, 7) is 5.00. The summed E-state index contributed by atoms with van der Waals surface area (Å²) >= 11 is 0. The van der Waals surface area contributed by atoms with Gasteiger partial charge in [0.25, 0.3) is 0 Å². The Hall–Kier alpha value is -1.55. The van der Waals surface area contributed by atoms with Crippen molar-refractivity contribution in [3.63, 3.8) is 0 Å². The molecule has 1 amide bonds. The molecule has 0 aliphatic carbocycles. The van der Waals surface area contributed by atoms with Crippen LogP contribution in [0.2, 0.25) is 0 Å². The van der Waals surface area contributed by atoms with Crippen LogP contribution in [0.4, 0.5) is 5.69 Å². The van der Waals surface area contributed by atoms with Crippen LogP contribution >= 0.6 is 0 Å². The van der Waals surface area contributed by atoms with E-state index in [0.29, 0.717) is 6.42 Å². The summed E-state index contributed by atoms with van der Waals surface area (Å²) in [7, 11) is 0. The Bertz CT molecular complexity index is 407. The summed E-state index contributed by atoms with van der Waals surface area (Å²) in [5.74, 6) is -0.350. The van der Waals surface area contributed by atoms with Crippen LogP contribution in [0, 0.1) is 0 Å². The van der Waals surface area contributed by atoms with Crippen molar-refractivity contribution in [1.82, 2.24) is 0 Å². The lowest BCUT2D eigenvalue weighted by atomic mass is 10.0. The van der Waals surface area contributed by atoms with E-state index in [1.54, 1.807) is 0 Å². The largest absolute Gasteiger partial charge is 0.388 e. The Balaban J connectivity index is 3.02. The molecule has 0 heterocycles. The van der Waals surface area contributed by atoms with Crippen LogP contribution in [0.3, 0.4) is 0 Å². The number of nitrogens with zero attached hydrogens (tertiary/aromatic N) is 1. The Morgan fingerprint density at radius 1 is 1.37 bits per heavy atom. The zero-order valence-corrected chi connectivity index (χ0v) is 11.8. The van der Waals surface area contributed by atoms with Crippen LogP contribution in [-0.2, 0) is 4.79 Å². The number of nitrogens with two attached hydrogens (primary N) is 1. The molecule has 106 valence electrons. The van der Waals surface area contributed by atoms with E-state index in [4.69, 9.17) is 5.73 Å². The molecule has 0 spiro atoms. The molecule has 0 aliphatic heterocycles. The van der Waals surface area contributed by atoms with Crippen LogP contribution in [0.15, 0.2) is 24.3 Å². The molecular weight excluding hydrogens is 240 g/mol. The normalized spacial score (nSPS) is 12.2. The van der Waals surface area contributed by atoms with Gasteiger partial charge in [0.1, 0.15) is 0 Å². The van der Waals surface area contributed by atoms with E-state index in [2.05, 4.69) is 6.92 Å². The van der Waals surface area contributed by atoms with E-state index in [-0.39, 0.29) is 12.5 Å². The minimum atomic E-state index is -0.506. The van der Waals surface area contributed by atoms with Gasteiger partial charge in [0.05, 0.1) is 12.6 Å². The van der Waals surface area contributed by atoms with Crippen molar-refractivity contribution in [2.45, 2.75) is 39.2 Å². The maximum atomic E-state index is 11.2. The van der Waals surface area contributed by atoms with Crippen LogP contribution in [0.25, 0.3) is 0 Å². The van der Waals surface area contributed by atoms with Crippen molar-refractivity contribution < 1.29 is 9.90 Å². The summed E-state index contributed by atoms with van der Waals surface area (Å²) in [6.07, 6.45) is 2.18. The molecule has 19 heavy (non-hydrogen) atoms. The second kappa shape index (κ2) is 7.79. The molecule has 0 aliphatic rings. The topological polar surface area (TPSA) is 66.6 Å². The zero-order valence-electron chi connectivity index (χ0n) is 11.8. The van der Waals surface area contributed by atoms with Crippen LogP contribution in [0.5, 0.6) is 0 Å². The molecule has 0 saturated heterocycles. The summed E-state index contributed by atoms with van der Waals surface area (Å²) < 4.78 is 0. The van der Waals surface area contributed by atoms with Crippen LogP contribution in [-0.4, -0.2) is 24.1 Å². The molecule has 1 atom stereocenters. The van der Waals surface area contributed by atoms with E-state index < -0.39 is 6.10 Å². The van der Waals surface area contributed by atoms with E-state index in [1.165, 1.54) is 0 Å². The highest BCUT2D eigenvalue weighted by Gasteiger charge is 2.16. The number of primary amides is 1. The molecule has 0 bridgehead atoms. The van der Waals surface area contributed by atoms with Gasteiger partial charge >= 0.3 is 0 Å². The zero-order chi connectivity index (χ0) is 14.3. The smallest absolute Gasteiger partial charge is 0.236 e. The molecular formula is C15H24N2O2. The number of aliphatic hydroxyl groups is 1. The van der Waals surface area contributed by atoms with Gasteiger partial charge in [-0.2, -0.15) is 0 Å². The van der Waals surface area contributed by atoms with Crippen molar-refractivity contribution >= 4 is 11.6 Å². The first-order chi connectivity index (χ1) is 9.10. The molecule has 0 aromatic heterocycles. The van der Waals surface area contributed by atoms with E-state index in [0.717, 1.165) is 30.6 Å². The van der Waals surface area contributed by atoms with Crippen molar-refractivity contribution in [3.05, 3.63) is 29.8 Å². The number of carbonyl (C=O) groups excluding carboxylic acids is 1. The minimum absolute atomic E-state index is 0.188. The SMILES string of the molecule is CCCCN(CC(N)=O)c1ccccc1C(O)CC. The molecule has 4 nitrogen and oxygen atoms in total. The molecule has 1 aromatic rings. The number of unbranched alkanes of at least 4 members (excludes halogenated alkanes) is 1. The first kappa shape index (κ1) is 15.5. The van der Waals surface area contributed by atoms with Crippen molar-refractivity contribution in [2.24, 2.45) is 5.73 Å². The second-order valence-electron chi connectivity index (χ2n) is 4.72. The summed E-state index contributed by atoms with van der Waals surface area (Å²) in [5.41, 5.74) is 7.09. The summed E-state index contributed by atoms with van der Waals surface area (Å²) in [4.78, 5) is 13.2. The first-order valence-electron chi connectivity index (χ1n) is 6.90. The first-order valence-corrected chi connectivity index (χ1v) is 6.90. The van der Waals surface area contributed by atoms with Gasteiger partial charge in [0, 0.05) is 17.8 Å². The monoisotopic (exact) mass is 264 g/mol. The molecule has 0 saturated carbocycles. The van der Waals surface area contributed by atoms with Crippen molar-refractivity contribution in [1.29, 1.82) is 0 Å². The Morgan fingerprint density at radius 2 is 2.05 bits per heavy atom. The number of anilines is 1. The number of carbonyl (C=O) groups is 1. The highest BCUT2D eigenvalue weighted by molar-refractivity contribution is 5.80. The van der Waals surface area contributed by atoms with Crippen molar-refractivity contribution in [2.75, 3.05) is 18.0 Å². The quantitative estimate of drug-likeness (QED) is 0.756. The number of hydrogen-bond donors (Lipinski definition) is 2. The predicted octanol–water partition coefficient (Wildman–Crippen LogP) is 2.22. The van der Waals surface area contributed by atoms with Gasteiger partial charge in [-0.15, -0.1) is 0 Å². The van der Waals surface area contributed by atoms with E-state index in [9.17, 15) is 9.90 Å². The fourth-order valence-electron chi connectivity index (χ4n) is 2.10. The van der Waals surface area contributed by atoms with Gasteiger partial charge in [-0.25, -0.2) is 0 Å². The average Bonchev–Trinajstić information content (AvgIpc) is 2.42. The number of amides is 1. The number of aliphatic hydroxyl groups excluding tert-OH is 1. The molecule has 0 radical (unpaired) electrons. The lowest BCUT2D eigenvalue weighted by Gasteiger charge is -2.27. The lowest BCUT2D eigenvalue weighted by Crippen LogP contribution is -2.35. The number of rotatable bonds is 8. The summed E-state index contributed by atoms with van der Waals surface area (Å²) in [5, 5.41) is 10.1. The maximum Gasteiger partial charge on any atom is 0.236 e. The fourth-order valence-corrected chi connectivity index (χ4v) is 2.10. The van der Waals surface area contributed by atoms with Crippen molar-refractivity contribution in [3.8, 4) is 0 Å². The van der Waals surface area contributed by atoms with Gasteiger partial charge in [0.2, 0.25) is 5.91 Å². The predicted molar refractivity (Wildman–Crippen MR) is 78.0 cm³/mol. The molecule has 1 unspecified atom stereocenters. The van der Waals surface area contributed by atoms with Gasteiger partial charge in [0.15, 0.2) is 0 Å². The van der Waals surface area contributed by atoms with Gasteiger partial charge in [-0.3, -0.25) is 4.79 Å². The molecule has 0 fully saturated rings. The third-order valence-corrected chi connectivity index (χ3v) is 3.15. The molecule has 4 heteroatoms. The molecule has 1 aromatic carbocycles. The fraction of sp³-hybridized carbons (Fsp3) is 0.533. The molecule has 1 rings (SSSR count). The Labute approximate surface area is 115 Å². The molecule has 3 N–H and O–H groups in total. The standard InChI is InChI=1S/C15H24N2O2/c1-3-5-10-17(11-15(16)19)13-9-7-6-8-12(13)14(18)4-2/h6-9,14,18H,3-5,10-11H2,1-2H3,(H2,16,19). The summed E-state index contributed by atoms with van der Waals surface area (Å²) in [6, 6.07) is 7.66. The van der Waals surface area contributed by atoms with Gasteiger partial charge in [-0.05, 0) is 18.9 Å². The van der Waals surface area contributed by atoms with E-state index in [1.807, 2.05) is 36.1 Å². The Morgan fingerprint density at radius 3 is 2.63 bits per heavy atom.